The van der Waals surface area contributed by atoms with E-state index in [0.717, 1.165) is 13.0 Å². The fourth-order valence-electron chi connectivity index (χ4n) is 3.37. The Morgan fingerprint density at radius 2 is 1.67 bits per heavy atom. The van der Waals surface area contributed by atoms with Gasteiger partial charge in [0.2, 0.25) is 5.91 Å². The molecule has 1 N–H and O–H groups in total. The van der Waals surface area contributed by atoms with Gasteiger partial charge in [0.25, 0.3) is 0 Å². The number of carbonyl (C=O) groups is 1. The van der Waals surface area contributed by atoms with Gasteiger partial charge >= 0.3 is 0 Å². The van der Waals surface area contributed by atoms with Gasteiger partial charge in [-0.25, -0.2) is 0 Å². The summed E-state index contributed by atoms with van der Waals surface area (Å²) < 4.78 is 0. The van der Waals surface area contributed by atoms with Crippen molar-refractivity contribution in [1.82, 2.24) is 10.2 Å². The van der Waals surface area contributed by atoms with Crippen LogP contribution in [0.5, 0.6) is 0 Å². The van der Waals surface area contributed by atoms with Crippen LogP contribution in [0.25, 0.3) is 0 Å². The van der Waals surface area contributed by atoms with Crippen LogP contribution in [-0.2, 0) is 4.79 Å². The molecule has 0 aromatic heterocycles. The van der Waals surface area contributed by atoms with Gasteiger partial charge in [0.15, 0.2) is 0 Å². The maximum Gasteiger partial charge on any atom is 0.240 e. The first-order valence-corrected chi connectivity index (χ1v) is 7.75. The molecular formula is C15H28N2O. The van der Waals surface area contributed by atoms with Crippen LogP contribution in [-0.4, -0.2) is 35.5 Å². The summed E-state index contributed by atoms with van der Waals surface area (Å²) in [5, 5.41) is 3.40. The highest BCUT2D eigenvalue weighted by Gasteiger charge is 2.35. The van der Waals surface area contributed by atoms with E-state index >= 15 is 0 Å². The maximum atomic E-state index is 12.4. The van der Waals surface area contributed by atoms with E-state index in [4.69, 9.17) is 0 Å². The van der Waals surface area contributed by atoms with E-state index < -0.39 is 0 Å². The summed E-state index contributed by atoms with van der Waals surface area (Å²) in [6, 6.07) is 1.00. The van der Waals surface area contributed by atoms with Gasteiger partial charge in [0.05, 0.1) is 6.04 Å². The van der Waals surface area contributed by atoms with E-state index in [9.17, 15) is 4.79 Å². The van der Waals surface area contributed by atoms with Gasteiger partial charge in [0.1, 0.15) is 0 Å². The minimum atomic E-state index is 0.0791. The highest BCUT2D eigenvalue weighted by atomic mass is 16.2. The monoisotopic (exact) mass is 252 g/mol. The van der Waals surface area contributed by atoms with Crippen LogP contribution in [0.3, 0.4) is 0 Å². The summed E-state index contributed by atoms with van der Waals surface area (Å²) >= 11 is 0. The largest absolute Gasteiger partial charge is 0.338 e. The predicted molar refractivity (Wildman–Crippen MR) is 74.5 cm³/mol. The molecule has 0 spiro atoms. The first kappa shape index (κ1) is 13.9. The van der Waals surface area contributed by atoms with Crippen LogP contribution in [0.4, 0.5) is 0 Å². The van der Waals surface area contributed by atoms with E-state index in [0.29, 0.717) is 18.0 Å². The molecule has 0 aromatic carbocycles. The molecule has 1 aliphatic heterocycles. The average molecular weight is 252 g/mol. The van der Waals surface area contributed by atoms with Gasteiger partial charge < -0.3 is 10.2 Å². The van der Waals surface area contributed by atoms with Crippen molar-refractivity contribution < 1.29 is 4.79 Å². The second kappa shape index (κ2) is 6.55. The number of rotatable bonds is 3. The fraction of sp³-hybridized carbons (Fsp3) is 0.933. The number of amides is 1. The zero-order chi connectivity index (χ0) is 13.0. The van der Waals surface area contributed by atoms with Crippen molar-refractivity contribution in [3.05, 3.63) is 0 Å². The minimum Gasteiger partial charge on any atom is -0.338 e. The molecule has 3 nitrogen and oxygen atoms in total. The molecular weight excluding hydrogens is 224 g/mol. The highest BCUT2D eigenvalue weighted by Crippen LogP contribution is 2.25. The Kier molecular flexibility index (Phi) is 5.04. The number of carbonyl (C=O) groups excluding carboxylic acids is 1. The van der Waals surface area contributed by atoms with Gasteiger partial charge in [-0.15, -0.1) is 0 Å². The molecule has 0 aromatic rings. The van der Waals surface area contributed by atoms with Crippen molar-refractivity contribution in [1.29, 1.82) is 0 Å². The Bertz CT molecular complexity index is 270. The second-order valence-corrected chi connectivity index (χ2v) is 6.19. The predicted octanol–water partition coefficient (Wildman–Crippen LogP) is 2.70. The van der Waals surface area contributed by atoms with E-state index in [1.807, 2.05) is 0 Å². The van der Waals surface area contributed by atoms with Crippen LogP contribution in [0.2, 0.25) is 0 Å². The van der Waals surface area contributed by atoms with E-state index in [1.165, 1.54) is 44.9 Å². The Balaban J connectivity index is 1.90. The molecule has 2 aliphatic rings. The van der Waals surface area contributed by atoms with E-state index in [-0.39, 0.29) is 6.04 Å². The number of hydrogen-bond donors (Lipinski definition) is 1. The van der Waals surface area contributed by atoms with E-state index in [2.05, 4.69) is 24.1 Å². The number of nitrogens with zero attached hydrogens (tertiary/aromatic N) is 1. The zero-order valence-corrected chi connectivity index (χ0v) is 12.0. The number of nitrogens with one attached hydrogen (secondary N) is 1. The third-order valence-corrected chi connectivity index (χ3v) is 4.29. The standard InChI is InChI=1S/C15H28N2O/c1-12(2)16-14-10-11-17(15(14)18)13-8-6-4-3-5-7-9-13/h12-14,16H,3-11H2,1-2H3. The van der Waals surface area contributed by atoms with Crippen LogP contribution in [0, 0.1) is 0 Å². The summed E-state index contributed by atoms with van der Waals surface area (Å²) in [4.78, 5) is 14.6. The molecule has 0 radical (unpaired) electrons. The molecule has 1 saturated heterocycles. The molecule has 1 amide bonds. The Morgan fingerprint density at radius 1 is 1.06 bits per heavy atom. The lowest BCUT2D eigenvalue weighted by Gasteiger charge is -2.30. The van der Waals surface area contributed by atoms with Crippen molar-refractivity contribution in [3.8, 4) is 0 Å². The molecule has 2 fully saturated rings. The molecule has 1 saturated carbocycles. The third-order valence-electron chi connectivity index (χ3n) is 4.29. The number of hydrogen-bond acceptors (Lipinski definition) is 2. The lowest BCUT2D eigenvalue weighted by atomic mass is 9.96. The van der Waals surface area contributed by atoms with Crippen molar-refractivity contribution in [3.63, 3.8) is 0 Å². The Morgan fingerprint density at radius 3 is 2.28 bits per heavy atom. The lowest BCUT2D eigenvalue weighted by Crippen LogP contribution is -2.44. The average Bonchev–Trinajstić information content (AvgIpc) is 2.60. The normalized spacial score (nSPS) is 27.6. The number of likely N-dealkylation sites (tertiary alicyclic amines) is 1. The van der Waals surface area contributed by atoms with Crippen LogP contribution in [0.15, 0.2) is 0 Å². The zero-order valence-electron chi connectivity index (χ0n) is 12.0. The molecule has 1 atom stereocenters. The van der Waals surface area contributed by atoms with Crippen LogP contribution < -0.4 is 5.32 Å². The third kappa shape index (κ3) is 3.47. The van der Waals surface area contributed by atoms with Crippen LogP contribution in [0.1, 0.15) is 65.2 Å². The van der Waals surface area contributed by atoms with Crippen molar-refractivity contribution in [2.45, 2.75) is 83.3 Å². The minimum absolute atomic E-state index is 0.0791. The summed E-state index contributed by atoms with van der Waals surface area (Å²) in [5.74, 6) is 0.356. The van der Waals surface area contributed by atoms with Gasteiger partial charge in [0, 0.05) is 18.6 Å². The molecule has 1 aliphatic carbocycles. The first-order valence-electron chi connectivity index (χ1n) is 7.75. The van der Waals surface area contributed by atoms with Crippen molar-refractivity contribution in [2.75, 3.05) is 6.54 Å². The van der Waals surface area contributed by atoms with Gasteiger partial charge in [-0.3, -0.25) is 4.79 Å². The van der Waals surface area contributed by atoms with Gasteiger partial charge in [-0.05, 0) is 19.3 Å². The summed E-state index contributed by atoms with van der Waals surface area (Å²) in [6.45, 7) is 5.20. The lowest BCUT2D eigenvalue weighted by molar-refractivity contribution is -0.131. The highest BCUT2D eigenvalue weighted by molar-refractivity contribution is 5.84. The molecule has 1 unspecified atom stereocenters. The molecule has 1 heterocycles. The summed E-state index contributed by atoms with van der Waals surface area (Å²) in [5.41, 5.74) is 0. The van der Waals surface area contributed by atoms with E-state index in [1.54, 1.807) is 0 Å². The molecule has 18 heavy (non-hydrogen) atoms. The SMILES string of the molecule is CC(C)NC1CCN(C2CCCCCCC2)C1=O. The Labute approximate surface area is 111 Å². The van der Waals surface area contributed by atoms with Gasteiger partial charge in [-0.2, -0.15) is 0 Å². The van der Waals surface area contributed by atoms with Gasteiger partial charge in [-0.1, -0.05) is 46.0 Å². The molecule has 0 bridgehead atoms. The van der Waals surface area contributed by atoms with Crippen LogP contribution >= 0.6 is 0 Å². The molecule has 3 heteroatoms. The quantitative estimate of drug-likeness (QED) is 0.837. The second-order valence-electron chi connectivity index (χ2n) is 6.19. The topological polar surface area (TPSA) is 32.3 Å². The fourth-order valence-corrected chi connectivity index (χ4v) is 3.37. The Hall–Kier alpha value is -0.570. The summed E-state index contributed by atoms with van der Waals surface area (Å²) in [6.07, 6.45) is 10.1. The molecule has 104 valence electrons. The molecule has 2 rings (SSSR count). The van der Waals surface area contributed by atoms with Crippen molar-refractivity contribution in [2.24, 2.45) is 0 Å². The summed E-state index contributed by atoms with van der Waals surface area (Å²) in [7, 11) is 0. The maximum absolute atomic E-state index is 12.4. The first-order chi connectivity index (χ1) is 8.68. The van der Waals surface area contributed by atoms with Crippen molar-refractivity contribution >= 4 is 5.91 Å². The smallest absolute Gasteiger partial charge is 0.240 e.